The van der Waals surface area contributed by atoms with E-state index in [1.807, 2.05) is 4.90 Å². The second-order valence-electron chi connectivity index (χ2n) is 7.62. The number of nitrogens with one attached hydrogen (secondary N) is 1. The van der Waals surface area contributed by atoms with Crippen LogP contribution in [-0.2, 0) is 10.0 Å². The smallest absolute Gasteiger partial charge is 0.493 e. The summed E-state index contributed by atoms with van der Waals surface area (Å²) in [5.41, 5.74) is 0.413. The van der Waals surface area contributed by atoms with Crippen molar-refractivity contribution in [2.45, 2.75) is 43.0 Å². The van der Waals surface area contributed by atoms with Gasteiger partial charge in [-0.2, -0.15) is 0 Å². The highest BCUT2D eigenvalue weighted by atomic mass is 32.2. The zero-order valence-electron chi connectivity index (χ0n) is 16.9. The van der Waals surface area contributed by atoms with Gasteiger partial charge in [0.1, 0.15) is 11.5 Å². The molecule has 0 spiro atoms. The van der Waals surface area contributed by atoms with Crippen molar-refractivity contribution < 1.29 is 35.9 Å². The zero-order chi connectivity index (χ0) is 22.9. The highest BCUT2D eigenvalue weighted by Crippen LogP contribution is 2.32. The number of carbonyl (C=O) groups is 1. The minimum atomic E-state index is -4.87. The molecule has 32 heavy (non-hydrogen) atoms. The van der Waals surface area contributed by atoms with Gasteiger partial charge in [-0.25, -0.2) is 8.42 Å². The molecular weight excluding hydrogens is 449 g/mol. The Morgan fingerprint density at radius 2 is 1.81 bits per heavy atom. The fraction of sp³-hybridized carbons (Fsp3) is 0.381. The van der Waals surface area contributed by atoms with E-state index in [2.05, 4.69) is 9.46 Å². The van der Waals surface area contributed by atoms with Gasteiger partial charge in [0.25, 0.3) is 15.9 Å². The van der Waals surface area contributed by atoms with Crippen LogP contribution in [0.4, 0.5) is 18.9 Å². The third kappa shape index (κ3) is 4.93. The molecule has 0 bridgehead atoms. The summed E-state index contributed by atoms with van der Waals surface area (Å²) >= 11 is 0. The zero-order valence-corrected chi connectivity index (χ0v) is 17.7. The van der Waals surface area contributed by atoms with Crippen molar-refractivity contribution in [2.24, 2.45) is 0 Å². The first-order chi connectivity index (χ1) is 15.1. The number of rotatable bonds is 4. The van der Waals surface area contributed by atoms with Gasteiger partial charge in [0, 0.05) is 24.7 Å². The molecule has 1 unspecified atom stereocenters. The summed E-state index contributed by atoms with van der Waals surface area (Å²) in [6, 6.07) is 8.37. The maximum atomic E-state index is 13.1. The number of piperidine rings is 1. The van der Waals surface area contributed by atoms with Crippen LogP contribution in [0.15, 0.2) is 47.4 Å². The Balaban J connectivity index is 1.56. The van der Waals surface area contributed by atoms with E-state index >= 15 is 0 Å². The van der Waals surface area contributed by atoms with E-state index in [1.165, 1.54) is 18.2 Å². The molecule has 2 aliphatic heterocycles. The number of hydrogen-bond acceptors (Lipinski definition) is 5. The van der Waals surface area contributed by atoms with Crippen LogP contribution in [-0.4, -0.2) is 44.8 Å². The van der Waals surface area contributed by atoms with Crippen LogP contribution >= 0.6 is 0 Å². The average Bonchev–Trinajstić information content (AvgIpc) is 2.72. The summed E-state index contributed by atoms with van der Waals surface area (Å²) in [5, 5.41) is 0. The summed E-state index contributed by atoms with van der Waals surface area (Å²) < 4.78 is 74.1. The molecular formula is C21H21F3N2O5S. The molecule has 1 atom stereocenters. The summed E-state index contributed by atoms with van der Waals surface area (Å²) in [6.07, 6.45) is -1.26. The maximum absolute atomic E-state index is 13.1. The summed E-state index contributed by atoms with van der Waals surface area (Å²) in [4.78, 5) is 14.7. The number of ether oxygens (including phenoxy) is 2. The Kier molecular flexibility index (Phi) is 5.93. The van der Waals surface area contributed by atoms with E-state index in [1.54, 1.807) is 0 Å². The number of hydrogen-bond donors (Lipinski definition) is 1. The predicted octanol–water partition coefficient (Wildman–Crippen LogP) is 4.16. The molecule has 1 amide bonds. The van der Waals surface area contributed by atoms with Crippen LogP contribution < -0.4 is 14.2 Å². The number of benzene rings is 2. The molecule has 2 heterocycles. The summed E-state index contributed by atoms with van der Waals surface area (Å²) in [5.74, 6) is -0.355. The molecule has 1 saturated heterocycles. The van der Waals surface area contributed by atoms with Gasteiger partial charge in [0.15, 0.2) is 0 Å². The number of nitrogens with zero attached hydrogens (tertiary/aromatic N) is 1. The van der Waals surface area contributed by atoms with Crippen molar-refractivity contribution in [3.05, 3.63) is 48.0 Å². The van der Waals surface area contributed by atoms with Crippen molar-refractivity contribution in [3.8, 4) is 11.5 Å². The Bertz CT molecular complexity index is 1100. The van der Waals surface area contributed by atoms with Crippen molar-refractivity contribution in [1.29, 1.82) is 0 Å². The molecule has 11 heteroatoms. The molecule has 172 valence electrons. The number of halogens is 3. The quantitative estimate of drug-likeness (QED) is 0.725. The molecule has 2 aliphatic rings. The molecule has 0 aliphatic carbocycles. The molecule has 1 fully saturated rings. The number of alkyl halides is 3. The lowest BCUT2D eigenvalue weighted by molar-refractivity contribution is -0.274. The van der Waals surface area contributed by atoms with Crippen molar-refractivity contribution in [2.75, 3.05) is 17.9 Å². The van der Waals surface area contributed by atoms with Crippen molar-refractivity contribution in [3.63, 3.8) is 0 Å². The van der Waals surface area contributed by atoms with Gasteiger partial charge >= 0.3 is 6.36 Å². The Morgan fingerprint density at radius 1 is 1.06 bits per heavy atom. The highest BCUT2D eigenvalue weighted by Gasteiger charge is 2.32. The van der Waals surface area contributed by atoms with E-state index in [4.69, 9.17) is 4.74 Å². The molecule has 4 rings (SSSR count). The number of amides is 1. The van der Waals surface area contributed by atoms with Crippen LogP contribution in [0.25, 0.3) is 0 Å². The van der Waals surface area contributed by atoms with Crippen LogP contribution in [0.5, 0.6) is 11.5 Å². The number of fused-ring (bicyclic) bond motifs is 2. The first-order valence-corrected chi connectivity index (χ1v) is 11.6. The third-order valence-corrected chi connectivity index (χ3v) is 6.82. The average molecular weight is 470 g/mol. The van der Waals surface area contributed by atoms with Crippen LogP contribution in [0.2, 0.25) is 0 Å². The first-order valence-electron chi connectivity index (χ1n) is 10.1. The van der Waals surface area contributed by atoms with Gasteiger partial charge in [-0.05, 0) is 61.7 Å². The minimum Gasteiger partial charge on any atom is -0.493 e. The lowest BCUT2D eigenvalue weighted by Gasteiger charge is -2.37. The van der Waals surface area contributed by atoms with Crippen LogP contribution in [0.1, 0.15) is 36.0 Å². The molecule has 7 nitrogen and oxygen atoms in total. The first kappa shape index (κ1) is 22.3. The van der Waals surface area contributed by atoms with E-state index in [0.717, 1.165) is 49.9 Å². The molecule has 0 saturated carbocycles. The fourth-order valence-corrected chi connectivity index (χ4v) is 5.00. The Morgan fingerprint density at radius 3 is 2.53 bits per heavy atom. The molecule has 0 radical (unpaired) electrons. The van der Waals surface area contributed by atoms with Crippen LogP contribution in [0, 0.1) is 0 Å². The van der Waals surface area contributed by atoms with Crippen LogP contribution in [0.3, 0.4) is 0 Å². The van der Waals surface area contributed by atoms with Gasteiger partial charge in [0.2, 0.25) is 0 Å². The standard InChI is InChI=1S/C21H21F3N2O5S/c22-21(23,24)31-16-5-7-17(8-6-16)32(28,29)25-14-4-9-19-18(13-14)20(27)26-11-2-1-3-15(26)10-12-30-19/h4-9,13,15,25H,1-3,10-12H2. The molecule has 2 aromatic rings. The largest absolute Gasteiger partial charge is 0.573 e. The highest BCUT2D eigenvalue weighted by molar-refractivity contribution is 7.92. The van der Waals surface area contributed by atoms with Crippen molar-refractivity contribution >= 4 is 21.6 Å². The number of carbonyl (C=O) groups excluding carboxylic acids is 1. The lowest BCUT2D eigenvalue weighted by atomic mass is 9.97. The molecule has 2 aromatic carbocycles. The Labute approximate surface area is 183 Å². The predicted molar refractivity (Wildman–Crippen MR) is 109 cm³/mol. The van der Waals surface area contributed by atoms with Gasteiger partial charge in [-0.1, -0.05) is 0 Å². The monoisotopic (exact) mass is 470 g/mol. The summed E-state index contributed by atoms with van der Waals surface area (Å²) in [7, 11) is -4.11. The van der Waals surface area contributed by atoms with Gasteiger partial charge < -0.3 is 14.4 Å². The minimum absolute atomic E-state index is 0.0992. The van der Waals surface area contributed by atoms with E-state index < -0.39 is 22.1 Å². The van der Waals surface area contributed by atoms with Gasteiger partial charge in [-0.15, -0.1) is 13.2 Å². The maximum Gasteiger partial charge on any atom is 0.573 e. The topological polar surface area (TPSA) is 84.9 Å². The van der Waals surface area contributed by atoms with E-state index in [9.17, 15) is 26.4 Å². The van der Waals surface area contributed by atoms with Gasteiger partial charge in [0.05, 0.1) is 17.1 Å². The normalized spacial score (nSPS) is 19.2. The SMILES string of the molecule is O=C1c2cc(NS(=O)(=O)c3ccc(OC(F)(F)F)cc3)ccc2OCCC2CCCCN12. The fourth-order valence-electron chi connectivity index (χ4n) is 3.95. The van der Waals surface area contributed by atoms with Gasteiger partial charge in [-0.3, -0.25) is 9.52 Å². The Hall–Kier alpha value is -2.95. The van der Waals surface area contributed by atoms with E-state index in [0.29, 0.717) is 18.9 Å². The lowest BCUT2D eigenvalue weighted by Crippen LogP contribution is -2.45. The van der Waals surface area contributed by atoms with E-state index in [-0.39, 0.29) is 28.1 Å². The number of sulfonamides is 1. The number of anilines is 1. The summed E-state index contributed by atoms with van der Waals surface area (Å²) in [6.45, 7) is 1.10. The van der Waals surface area contributed by atoms with Crippen molar-refractivity contribution in [1.82, 2.24) is 4.90 Å². The second-order valence-corrected chi connectivity index (χ2v) is 9.30. The third-order valence-electron chi connectivity index (χ3n) is 5.43. The second kappa shape index (κ2) is 8.53. The molecule has 1 N–H and O–H groups in total. The molecule has 0 aromatic heterocycles.